The lowest BCUT2D eigenvalue weighted by atomic mass is 9.80. The molecule has 1 aromatic rings. The lowest BCUT2D eigenvalue weighted by molar-refractivity contribution is -0.150. The van der Waals surface area contributed by atoms with Crippen LogP contribution in [0.4, 0.5) is 0 Å². The lowest BCUT2D eigenvalue weighted by Gasteiger charge is -2.39. The highest BCUT2D eigenvalue weighted by atomic mass is 16.5. The Bertz CT molecular complexity index is 530. The van der Waals surface area contributed by atoms with E-state index in [4.69, 9.17) is 10.5 Å². The standard InChI is InChI=1S/C16H29N5O2/c1-5-16(6-2,11-17)15(22)20-7-8-23-14(9-20)10-21-13(4)18-12(3)19-21/h14H,5-11,17H2,1-4H3. The van der Waals surface area contributed by atoms with Crippen LogP contribution < -0.4 is 5.73 Å². The van der Waals surface area contributed by atoms with Crippen LogP contribution in [0.5, 0.6) is 0 Å². The Labute approximate surface area is 138 Å². The van der Waals surface area contributed by atoms with E-state index < -0.39 is 5.41 Å². The Hall–Kier alpha value is -1.47. The average Bonchev–Trinajstić information content (AvgIpc) is 2.87. The van der Waals surface area contributed by atoms with Gasteiger partial charge in [0.2, 0.25) is 5.91 Å². The Balaban J connectivity index is 2.05. The number of amides is 1. The molecule has 1 amide bonds. The predicted octanol–water partition coefficient (Wildman–Crippen LogP) is 0.887. The molecule has 1 aliphatic heterocycles. The van der Waals surface area contributed by atoms with E-state index in [1.807, 2.05) is 37.3 Å². The summed E-state index contributed by atoms with van der Waals surface area (Å²) in [5.41, 5.74) is 5.47. The Morgan fingerprint density at radius 3 is 2.61 bits per heavy atom. The van der Waals surface area contributed by atoms with Crippen molar-refractivity contribution >= 4 is 5.91 Å². The average molecular weight is 323 g/mol. The normalized spacial score (nSPS) is 19.2. The first-order valence-corrected chi connectivity index (χ1v) is 8.44. The number of aromatic nitrogens is 3. The van der Waals surface area contributed by atoms with Gasteiger partial charge in [-0.1, -0.05) is 13.8 Å². The van der Waals surface area contributed by atoms with Crippen LogP contribution >= 0.6 is 0 Å². The molecule has 2 rings (SSSR count). The molecule has 7 nitrogen and oxygen atoms in total. The zero-order valence-corrected chi connectivity index (χ0v) is 14.7. The number of carbonyl (C=O) groups is 1. The Morgan fingerprint density at radius 2 is 2.09 bits per heavy atom. The Morgan fingerprint density at radius 1 is 1.39 bits per heavy atom. The Kier molecular flexibility index (Phi) is 5.75. The van der Waals surface area contributed by atoms with Gasteiger partial charge in [-0.05, 0) is 26.7 Å². The zero-order chi connectivity index (χ0) is 17.0. The van der Waals surface area contributed by atoms with E-state index in [-0.39, 0.29) is 12.0 Å². The highest BCUT2D eigenvalue weighted by molar-refractivity contribution is 5.83. The molecule has 23 heavy (non-hydrogen) atoms. The molecule has 1 aromatic heterocycles. The molecule has 0 aromatic carbocycles. The molecule has 0 bridgehead atoms. The molecule has 0 radical (unpaired) electrons. The van der Waals surface area contributed by atoms with E-state index in [2.05, 4.69) is 10.1 Å². The fourth-order valence-electron chi connectivity index (χ4n) is 3.21. The van der Waals surface area contributed by atoms with Gasteiger partial charge in [0.25, 0.3) is 0 Å². The van der Waals surface area contributed by atoms with Crippen LogP contribution in [0.25, 0.3) is 0 Å². The second-order valence-corrected chi connectivity index (χ2v) is 6.32. The number of morpholine rings is 1. The van der Waals surface area contributed by atoms with E-state index in [0.717, 1.165) is 24.5 Å². The molecule has 0 aliphatic carbocycles. The minimum absolute atomic E-state index is 0.0586. The topological polar surface area (TPSA) is 86.3 Å². The summed E-state index contributed by atoms with van der Waals surface area (Å²) in [5.74, 6) is 1.78. The summed E-state index contributed by atoms with van der Waals surface area (Å²) in [7, 11) is 0. The van der Waals surface area contributed by atoms with Gasteiger partial charge in [0.15, 0.2) is 0 Å². The maximum Gasteiger partial charge on any atom is 0.230 e. The quantitative estimate of drug-likeness (QED) is 0.840. The largest absolute Gasteiger partial charge is 0.373 e. The van der Waals surface area contributed by atoms with Crippen LogP contribution in [0, 0.1) is 19.3 Å². The van der Waals surface area contributed by atoms with Crippen molar-refractivity contribution in [2.45, 2.75) is 53.2 Å². The summed E-state index contributed by atoms with van der Waals surface area (Å²) in [5, 5.41) is 4.37. The van der Waals surface area contributed by atoms with Crippen molar-refractivity contribution in [3.8, 4) is 0 Å². The van der Waals surface area contributed by atoms with Gasteiger partial charge in [0.1, 0.15) is 11.6 Å². The number of hydrogen-bond acceptors (Lipinski definition) is 5. The fraction of sp³-hybridized carbons (Fsp3) is 0.812. The number of ether oxygens (including phenoxy) is 1. The zero-order valence-electron chi connectivity index (χ0n) is 14.7. The molecule has 2 N–H and O–H groups in total. The molecule has 1 saturated heterocycles. The number of nitrogens with zero attached hydrogens (tertiary/aromatic N) is 4. The molecule has 1 aliphatic rings. The third kappa shape index (κ3) is 3.72. The van der Waals surface area contributed by atoms with E-state index in [1.54, 1.807) is 0 Å². The van der Waals surface area contributed by atoms with Crippen molar-refractivity contribution in [2.75, 3.05) is 26.2 Å². The molecule has 1 fully saturated rings. The van der Waals surface area contributed by atoms with Crippen LogP contribution in [0.1, 0.15) is 38.3 Å². The van der Waals surface area contributed by atoms with E-state index in [1.165, 1.54) is 0 Å². The highest BCUT2D eigenvalue weighted by Gasteiger charge is 2.38. The molecule has 0 saturated carbocycles. The van der Waals surface area contributed by atoms with Gasteiger partial charge in [-0.25, -0.2) is 9.67 Å². The number of hydrogen-bond donors (Lipinski definition) is 1. The first-order valence-electron chi connectivity index (χ1n) is 8.44. The maximum absolute atomic E-state index is 12.9. The minimum atomic E-state index is -0.443. The van der Waals surface area contributed by atoms with Gasteiger partial charge in [0.05, 0.1) is 24.7 Å². The molecule has 130 valence electrons. The summed E-state index contributed by atoms with van der Waals surface area (Å²) in [6, 6.07) is 0. The lowest BCUT2D eigenvalue weighted by Crippen LogP contribution is -2.54. The van der Waals surface area contributed by atoms with Gasteiger partial charge in [-0.3, -0.25) is 4.79 Å². The molecular formula is C16H29N5O2. The SMILES string of the molecule is CCC(CC)(CN)C(=O)N1CCOC(Cn2nc(C)nc2C)C1. The van der Waals surface area contributed by atoms with Gasteiger partial charge in [-0.2, -0.15) is 5.10 Å². The molecule has 1 unspecified atom stereocenters. The van der Waals surface area contributed by atoms with Crippen LogP contribution in [0.3, 0.4) is 0 Å². The predicted molar refractivity (Wildman–Crippen MR) is 87.9 cm³/mol. The molecule has 1 atom stereocenters. The van der Waals surface area contributed by atoms with E-state index >= 15 is 0 Å². The minimum Gasteiger partial charge on any atom is -0.373 e. The van der Waals surface area contributed by atoms with Gasteiger partial charge in [0, 0.05) is 19.6 Å². The van der Waals surface area contributed by atoms with Crippen molar-refractivity contribution in [1.29, 1.82) is 0 Å². The van der Waals surface area contributed by atoms with Crippen LogP contribution in [0.15, 0.2) is 0 Å². The molecular weight excluding hydrogens is 294 g/mol. The monoisotopic (exact) mass is 323 g/mol. The second kappa shape index (κ2) is 7.40. The smallest absolute Gasteiger partial charge is 0.230 e. The van der Waals surface area contributed by atoms with Crippen molar-refractivity contribution in [3.63, 3.8) is 0 Å². The summed E-state index contributed by atoms with van der Waals surface area (Å²) in [6.07, 6.45) is 1.47. The molecule has 0 spiro atoms. The number of nitrogens with two attached hydrogens (primary N) is 1. The molecule has 7 heteroatoms. The number of rotatable bonds is 6. The summed E-state index contributed by atoms with van der Waals surface area (Å²) < 4.78 is 7.68. The highest BCUT2D eigenvalue weighted by Crippen LogP contribution is 2.28. The summed E-state index contributed by atoms with van der Waals surface area (Å²) in [4.78, 5) is 19.2. The van der Waals surface area contributed by atoms with Crippen LogP contribution in [-0.2, 0) is 16.1 Å². The van der Waals surface area contributed by atoms with Crippen molar-refractivity contribution in [2.24, 2.45) is 11.1 Å². The van der Waals surface area contributed by atoms with Gasteiger partial charge in [-0.15, -0.1) is 0 Å². The maximum atomic E-state index is 12.9. The van der Waals surface area contributed by atoms with E-state index in [0.29, 0.717) is 32.8 Å². The molecule has 2 heterocycles. The number of aryl methyl sites for hydroxylation is 2. The van der Waals surface area contributed by atoms with Crippen molar-refractivity contribution in [3.05, 3.63) is 11.6 Å². The van der Waals surface area contributed by atoms with Crippen molar-refractivity contribution in [1.82, 2.24) is 19.7 Å². The fourth-order valence-corrected chi connectivity index (χ4v) is 3.21. The van der Waals surface area contributed by atoms with E-state index in [9.17, 15) is 4.79 Å². The summed E-state index contributed by atoms with van der Waals surface area (Å²) >= 11 is 0. The summed E-state index contributed by atoms with van der Waals surface area (Å²) in [6.45, 7) is 10.6. The van der Waals surface area contributed by atoms with Crippen LogP contribution in [-0.4, -0.2) is 57.9 Å². The van der Waals surface area contributed by atoms with Crippen LogP contribution in [0.2, 0.25) is 0 Å². The first-order chi connectivity index (χ1) is 11.0. The van der Waals surface area contributed by atoms with Crippen molar-refractivity contribution < 1.29 is 9.53 Å². The van der Waals surface area contributed by atoms with Gasteiger partial charge >= 0.3 is 0 Å². The third-order valence-corrected chi connectivity index (χ3v) is 4.96. The second-order valence-electron chi connectivity index (χ2n) is 6.32. The number of carbonyl (C=O) groups excluding carboxylic acids is 1. The third-order valence-electron chi connectivity index (χ3n) is 4.96. The first kappa shape index (κ1) is 17.9. The van der Waals surface area contributed by atoms with Gasteiger partial charge < -0.3 is 15.4 Å².